The molecule has 2 heterocycles. The molecule has 0 saturated carbocycles. The van der Waals surface area contributed by atoms with Crippen molar-refractivity contribution in [1.29, 1.82) is 0 Å². The Labute approximate surface area is 172 Å². The molecule has 136 valence electrons. The van der Waals surface area contributed by atoms with Crippen LogP contribution in [0.15, 0.2) is 63.4 Å². The number of para-hydroxylation sites is 1. The zero-order chi connectivity index (χ0) is 18.6. The summed E-state index contributed by atoms with van der Waals surface area (Å²) in [7, 11) is 0. The van der Waals surface area contributed by atoms with Crippen LogP contribution in [0.25, 0.3) is 5.69 Å². The summed E-state index contributed by atoms with van der Waals surface area (Å²) in [6.07, 6.45) is 0. The number of thioether (sulfide) groups is 1. The first-order valence-electron chi connectivity index (χ1n) is 8.05. The molecule has 0 spiro atoms. The second kappa shape index (κ2) is 8.15. The minimum Gasteiger partial charge on any atom is -0.330 e. The van der Waals surface area contributed by atoms with Crippen molar-refractivity contribution < 1.29 is 0 Å². The van der Waals surface area contributed by atoms with Crippen LogP contribution in [0, 0.1) is 0 Å². The summed E-state index contributed by atoms with van der Waals surface area (Å²) in [5.74, 6) is 0.767. The maximum atomic E-state index is 4.27. The molecule has 27 heavy (non-hydrogen) atoms. The molecule has 1 unspecified atom stereocenters. The van der Waals surface area contributed by atoms with E-state index >= 15 is 0 Å². The van der Waals surface area contributed by atoms with E-state index in [-0.39, 0.29) is 5.25 Å². The lowest BCUT2D eigenvalue weighted by atomic mass is 10.3. The summed E-state index contributed by atoms with van der Waals surface area (Å²) >= 11 is 6.54. The molecule has 0 aliphatic heterocycles. The third-order valence-electron chi connectivity index (χ3n) is 3.62. The molecule has 0 fully saturated rings. The molecule has 0 amide bonds. The minimum atomic E-state index is 0.0203. The van der Waals surface area contributed by atoms with Crippen molar-refractivity contribution in [2.45, 2.75) is 16.5 Å². The Morgan fingerprint density at radius 2 is 1.93 bits per heavy atom. The lowest BCUT2D eigenvalue weighted by molar-refractivity contribution is 0.762. The van der Waals surface area contributed by atoms with E-state index in [0.717, 1.165) is 31.1 Å². The largest absolute Gasteiger partial charge is 0.330 e. The maximum Gasteiger partial charge on any atom is 0.210 e. The molecule has 7 nitrogen and oxygen atoms in total. The fourth-order valence-electron chi connectivity index (χ4n) is 2.40. The second-order valence-corrected chi connectivity index (χ2v) is 9.03. The summed E-state index contributed by atoms with van der Waals surface area (Å²) in [5.41, 5.74) is 1.89. The summed E-state index contributed by atoms with van der Waals surface area (Å²) in [6.45, 7) is 2.05. The minimum absolute atomic E-state index is 0.0203. The van der Waals surface area contributed by atoms with Gasteiger partial charge in [0.25, 0.3) is 0 Å². The number of hydrogen-bond donors (Lipinski definition) is 1. The first-order valence-corrected chi connectivity index (χ1v) is 10.5. The van der Waals surface area contributed by atoms with E-state index in [1.807, 2.05) is 54.6 Å². The van der Waals surface area contributed by atoms with Gasteiger partial charge in [-0.15, -0.1) is 15.3 Å². The number of tetrazole rings is 1. The molecular formula is C17H14BrN7S2. The molecule has 4 rings (SSSR count). The second-order valence-electron chi connectivity index (χ2n) is 5.55. The van der Waals surface area contributed by atoms with E-state index in [1.54, 1.807) is 16.4 Å². The predicted molar refractivity (Wildman–Crippen MR) is 111 cm³/mol. The molecule has 1 N–H and O–H groups in total. The van der Waals surface area contributed by atoms with Gasteiger partial charge in [-0.05, 0) is 47.7 Å². The van der Waals surface area contributed by atoms with Crippen molar-refractivity contribution in [2.75, 3.05) is 5.32 Å². The normalized spacial score (nSPS) is 12.1. The first kappa shape index (κ1) is 18.1. The molecule has 0 bridgehead atoms. The Bertz CT molecular complexity index is 1030. The number of nitrogens with one attached hydrogen (secondary N) is 1. The lowest BCUT2D eigenvalue weighted by Crippen LogP contribution is -2.04. The average Bonchev–Trinajstić information content (AvgIpc) is 3.32. The van der Waals surface area contributed by atoms with E-state index in [2.05, 4.69) is 53.9 Å². The Kier molecular flexibility index (Phi) is 5.46. The molecular weight excluding hydrogens is 446 g/mol. The van der Waals surface area contributed by atoms with Crippen molar-refractivity contribution in [1.82, 2.24) is 30.4 Å². The van der Waals surface area contributed by atoms with Gasteiger partial charge in [0, 0.05) is 10.2 Å². The number of aromatic nitrogens is 6. The highest BCUT2D eigenvalue weighted by molar-refractivity contribution is 9.10. The topological polar surface area (TPSA) is 81.4 Å². The smallest absolute Gasteiger partial charge is 0.210 e. The Morgan fingerprint density at radius 1 is 1.07 bits per heavy atom. The zero-order valence-corrected chi connectivity index (χ0v) is 17.4. The third kappa shape index (κ3) is 4.34. The van der Waals surface area contributed by atoms with Crippen molar-refractivity contribution in [3.05, 3.63) is 64.9 Å². The molecule has 0 aliphatic rings. The van der Waals surface area contributed by atoms with Gasteiger partial charge in [-0.25, -0.2) is 0 Å². The number of nitrogens with zero attached hydrogens (tertiary/aromatic N) is 6. The molecule has 1 atom stereocenters. The first-order chi connectivity index (χ1) is 13.2. The SMILES string of the molecule is CC(Sc1nnc(Nc2cccc(Br)c2)s1)c1nnnn1-c1ccccc1. The van der Waals surface area contributed by atoms with Crippen molar-refractivity contribution in [3.8, 4) is 5.69 Å². The highest BCUT2D eigenvalue weighted by Crippen LogP contribution is 2.37. The Morgan fingerprint density at radius 3 is 2.74 bits per heavy atom. The Hall–Kier alpha value is -2.30. The summed E-state index contributed by atoms with van der Waals surface area (Å²) in [4.78, 5) is 0. The molecule has 0 saturated heterocycles. The van der Waals surface area contributed by atoms with Crippen LogP contribution < -0.4 is 5.32 Å². The standard InChI is InChI=1S/C17H14BrN7S2/c1-11(15-20-23-24-25(15)14-8-3-2-4-9-14)26-17-22-21-16(27-17)19-13-7-5-6-12(18)10-13/h2-11H,1H3,(H,19,21). The van der Waals surface area contributed by atoms with Crippen LogP contribution in [0.1, 0.15) is 18.0 Å². The zero-order valence-electron chi connectivity index (χ0n) is 14.2. The van der Waals surface area contributed by atoms with Gasteiger partial charge in [0.05, 0.1) is 10.9 Å². The van der Waals surface area contributed by atoms with Gasteiger partial charge < -0.3 is 5.32 Å². The van der Waals surface area contributed by atoms with E-state index in [1.165, 1.54) is 11.3 Å². The maximum absolute atomic E-state index is 4.27. The lowest BCUT2D eigenvalue weighted by Gasteiger charge is -2.09. The molecule has 2 aromatic heterocycles. The molecule has 0 aliphatic carbocycles. The van der Waals surface area contributed by atoms with Crippen LogP contribution in [-0.4, -0.2) is 30.4 Å². The third-order valence-corrected chi connectivity index (χ3v) is 6.13. The van der Waals surface area contributed by atoms with Crippen LogP contribution in [0.2, 0.25) is 0 Å². The fraction of sp³-hybridized carbons (Fsp3) is 0.118. The van der Waals surface area contributed by atoms with Crippen LogP contribution in [0.4, 0.5) is 10.8 Å². The quantitative estimate of drug-likeness (QED) is 0.411. The van der Waals surface area contributed by atoms with Crippen LogP contribution in [-0.2, 0) is 0 Å². The summed E-state index contributed by atoms with van der Waals surface area (Å²) in [6, 6.07) is 17.8. The van der Waals surface area contributed by atoms with Gasteiger partial charge in [-0.3, -0.25) is 0 Å². The number of hydrogen-bond acceptors (Lipinski definition) is 8. The molecule has 2 aromatic carbocycles. The number of halogens is 1. The van der Waals surface area contributed by atoms with Crippen LogP contribution in [0.3, 0.4) is 0 Å². The van der Waals surface area contributed by atoms with Crippen molar-refractivity contribution in [3.63, 3.8) is 0 Å². The van der Waals surface area contributed by atoms with Gasteiger partial charge in [0.15, 0.2) is 10.2 Å². The summed E-state index contributed by atoms with van der Waals surface area (Å²) in [5, 5.41) is 24.6. The van der Waals surface area contributed by atoms with E-state index in [4.69, 9.17) is 0 Å². The molecule has 4 aromatic rings. The number of rotatable bonds is 6. The monoisotopic (exact) mass is 459 g/mol. The predicted octanol–water partition coefficient (Wildman–Crippen LogP) is 4.87. The van der Waals surface area contributed by atoms with Crippen LogP contribution in [0.5, 0.6) is 0 Å². The van der Waals surface area contributed by atoms with Gasteiger partial charge in [-0.1, -0.05) is 63.3 Å². The van der Waals surface area contributed by atoms with Gasteiger partial charge in [0.1, 0.15) is 0 Å². The average molecular weight is 460 g/mol. The highest BCUT2D eigenvalue weighted by atomic mass is 79.9. The van der Waals surface area contributed by atoms with E-state index < -0.39 is 0 Å². The highest BCUT2D eigenvalue weighted by Gasteiger charge is 2.19. The van der Waals surface area contributed by atoms with Gasteiger partial charge in [-0.2, -0.15) is 4.68 Å². The van der Waals surface area contributed by atoms with Gasteiger partial charge >= 0.3 is 0 Å². The van der Waals surface area contributed by atoms with E-state index in [0.29, 0.717) is 0 Å². The number of benzene rings is 2. The number of anilines is 2. The fourth-order valence-corrected chi connectivity index (χ4v) is 4.80. The Balaban J connectivity index is 1.48. The van der Waals surface area contributed by atoms with E-state index in [9.17, 15) is 0 Å². The van der Waals surface area contributed by atoms with Crippen molar-refractivity contribution in [2.24, 2.45) is 0 Å². The van der Waals surface area contributed by atoms with Gasteiger partial charge in [0.2, 0.25) is 5.13 Å². The molecule has 10 heteroatoms. The van der Waals surface area contributed by atoms with Crippen molar-refractivity contribution >= 4 is 49.8 Å². The molecule has 0 radical (unpaired) electrons. The van der Waals surface area contributed by atoms with Crippen LogP contribution >= 0.6 is 39.0 Å². The summed E-state index contributed by atoms with van der Waals surface area (Å²) < 4.78 is 3.61.